The number of hydrogen-bond acceptors (Lipinski definition) is 3. The van der Waals surface area contributed by atoms with Crippen molar-refractivity contribution in [3.63, 3.8) is 0 Å². The monoisotopic (exact) mass is 446 g/mol. The van der Waals surface area contributed by atoms with Crippen molar-refractivity contribution in [1.29, 1.82) is 0 Å². The van der Waals surface area contributed by atoms with Crippen LogP contribution < -0.4 is 10.1 Å². The number of nitrogens with one attached hydrogen (secondary N) is 1. The summed E-state index contributed by atoms with van der Waals surface area (Å²) in [5.74, 6) is 0.371. The highest BCUT2D eigenvalue weighted by Crippen LogP contribution is 2.27. The van der Waals surface area contributed by atoms with Gasteiger partial charge in [0.25, 0.3) is 11.8 Å². The second-order valence-corrected chi connectivity index (χ2v) is 7.64. The first-order valence-electron chi connectivity index (χ1n) is 9.47. The first kappa shape index (κ1) is 22.0. The minimum atomic E-state index is -0.246. The number of unbranched alkanes of at least 4 members (excludes halogenated alkanes) is 3. The minimum absolute atomic E-state index is 0.112. The Morgan fingerprint density at radius 3 is 2.50 bits per heavy atom. The highest BCUT2D eigenvalue weighted by atomic mass is 79.9. The van der Waals surface area contributed by atoms with Crippen LogP contribution >= 0.6 is 15.9 Å². The van der Waals surface area contributed by atoms with Gasteiger partial charge in [-0.2, -0.15) is 0 Å². The number of nitrogens with zero attached hydrogens (tertiary/aromatic N) is 1. The summed E-state index contributed by atoms with van der Waals surface area (Å²) in [6, 6.07) is 12.2. The number of rotatable bonds is 9. The molecule has 0 saturated carbocycles. The van der Waals surface area contributed by atoms with Crippen LogP contribution in [0, 0.1) is 0 Å². The third kappa shape index (κ3) is 6.37. The van der Waals surface area contributed by atoms with Gasteiger partial charge in [0.15, 0.2) is 0 Å². The number of ether oxygens (including phenoxy) is 1. The Labute approximate surface area is 175 Å². The Kier molecular flexibility index (Phi) is 8.51. The summed E-state index contributed by atoms with van der Waals surface area (Å²) >= 11 is 3.48. The third-order valence-electron chi connectivity index (χ3n) is 4.22. The maximum atomic E-state index is 12.6. The van der Waals surface area contributed by atoms with Gasteiger partial charge in [-0.05, 0) is 58.7 Å². The number of carbonyl (C=O) groups excluding carboxylic acids is 2. The molecule has 0 unspecified atom stereocenters. The molecule has 0 bridgehead atoms. The standard InChI is InChI=1S/C22H27BrN2O3/c1-4-5-6-7-13-28-20-12-11-16(15-19(20)23)21(26)24-18-10-8-9-17(14-18)22(27)25(2)3/h8-12,14-15H,4-7,13H2,1-3H3,(H,24,26). The average molecular weight is 447 g/mol. The van der Waals surface area contributed by atoms with E-state index in [2.05, 4.69) is 28.2 Å². The van der Waals surface area contributed by atoms with Crippen LogP contribution in [0.5, 0.6) is 5.75 Å². The van der Waals surface area contributed by atoms with E-state index in [1.165, 1.54) is 17.7 Å². The largest absolute Gasteiger partial charge is 0.492 e. The van der Waals surface area contributed by atoms with Crippen molar-refractivity contribution in [2.75, 3.05) is 26.0 Å². The number of amides is 2. The van der Waals surface area contributed by atoms with Gasteiger partial charge in [-0.25, -0.2) is 0 Å². The van der Waals surface area contributed by atoms with Crippen molar-refractivity contribution < 1.29 is 14.3 Å². The Hall–Kier alpha value is -2.34. The maximum Gasteiger partial charge on any atom is 0.255 e. The van der Waals surface area contributed by atoms with Crippen molar-refractivity contribution in [3.05, 3.63) is 58.1 Å². The molecule has 2 amide bonds. The van der Waals surface area contributed by atoms with E-state index in [1.54, 1.807) is 56.6 Å². The van der Waals surface area contributed by atoms with E-state index >= 15 is 0 Å². The van der Waals surface area contributed by atoms with Crippen LogP contribution in [0.25, 0.3) is 0 Å². The predicted molar refractivity (Wildman–Crippen MR) is 116 cm³/mol. The molecule has 5 nitrogen and oxygen atoms in total. The fourth-order valence-corrected chi connectivity index (χ4v) is 3.15. The Balaban J connectivity index is 2.00. The summed E-state index contributed by atoms with van der Waals surface area (Å²) in [5.41, 5.74) is 1.61. The van der Waals surface area contributed by atoms with E-state index in [0.29, 0.717) is 23.4 Å². The number of hydrogen-bond donors (Lipinski definition) is 1. The number of anilines is 1. The Morgan fingerprint density at radius 2 is 1.82 bits per heavy atom. The molecule has 0 aliphatic carbocycles. The van der Waals surface area contributed by atoms with Crippen LogP contribution in [0.1, 0.15) is 53.3 Å². The lowest BCUT2D eigenvalue weighted by Crippen LogP contribution is -2.22. The van der Waals surface area contributed by atoms with Gasteiger partial charge in [-0.3, -0.25) is 9.59 Å². The highest BCUT2D eigenvalue weighted by molar-refractivity contribution is 9.10. The molecule has 2 aromatic rings. The third-order valence-corrected chi connectivity index (χ3v) is 4.84. The van der Waals surface area contributed by atoms with Gasteiger partial charge in [-0.1, -0.05) is 32.3 Å². The molecule has 0 fully saturated rings. The second kappa shape index (κ2) is 10.9. The van der Waals surface area contributed by atoms with Gasteiger partial charge in [0.05, 0.1) is 11.1 Å². The summed E-state index contributed by atoms with van der Waals surface area (Å²) in [6.45, 7) is 2.84. The minimum Gasteiger partial charge on any atom is -0.492 e. The summed E-state index contributed by atoms with van der Waals surface area (Å²) in [5, 5.41) is 2.83. The van der Waals surface area contributed by atoms with Gasteiger partial charge < -0.3 is 15.0 Å². The van der Waals surface area contributed by atoms with Crippen LogP contribution in [0.2, 0.25) is 0 Å². The maximum absolute atomic E-state index is 12.6. The SMILES string of the molecule is CCCCCCOc1ccc(C(=O)Nc2cccc(C(=O)N(C)C)c2)cc1Br. The zero-order chi connectivity index (χ0) is 20.5. The quantitative estimate of drug-likeness (QED) is 0.527. The normalized spacial score (nSPS) is 10.4. The Morgan fingerprint density at radius 1 is 1.04 bits per heavy atom. The first-order chi connectivity index (χ1) is 13.4. The van der Waals surface area contributed by atoms with E-state index in [0.717, 1.165) is 23.1 Å². The molecule has 2 aromatic carbocycles. The molecule has 0 spiro atoms. The molecule has 1 N–H and O–H groups in total. The van der Waals surface area contributed by atoms with Gasteiger partial charge in [0.2, 0.25) is 0 Å². The van der Waals surface area contributed by atoms with E-state index < -0.39 is 0 Å². The second-order valence-electron chi connectivity index (χ2n) is 6.79. The molecular formula is C22H27BrN2O3. The van der Waals surface area contributed by atoms with Crippen LogP contribution in [0.3, 0.4) is 0 Å². The van der Waals surface area contributed by atoms with E-state index in [1.807, 2.05) is 0 Å². The smallest absolute Gasteiger partial charge is 0.255 e. The molecule has 150 valence electrons. The fourth-order valence-electron chi connectivity index (χ4n) is 2.66. The lowest BCUT2D eigenvalue weighted by Gasteiger charge is -2.12. The van der Waals surface area contributed by atoms with Gasteiger partial charge in [0.1, 0.15) is 5.75 Å². The van der Waals surface area contributed by atoms with Gasteiger partial charge in [-0.15, -0.1) is 0 Å². The van der Waals surface area contributed by atoms with Crippen molar-refractivity contribution in [2.45, 2.75) is 32.6 Å². The number of benzene rings is 2. The molecule has 0 aliphatic heterocycles. The fraction of sp³-hybridized carbons (Fsp3) is 0.364. The van der Waals surface area contributed by atoms with Crippen LogP contribution in [-0.2, 0) is 0 Å². The molecule has 0 heterocycles. The van der Waals surface area contributed by atoms with Gasteiger partial charge >= 0.3 is 0 Å². The lowest BCUT2D eigenvalue weighted by atomic mass is 10.1. The molecule has 6 heteroatoms. The zero-order valence-corrected chi connectivity index (χ0v) is 18.2. The summed E-state index contributed by atoms with van der Waals surface area (Å²) in [7, 11) is 3.39. The van der Waals surface area contributed by atoms with Crippen molar-refractivity contribution >= 4 is 33.4 Å². The predicted octanol–water partition coefficient (Wildman–Crippen LogP) is 5.36. The lowest BCUT2D eigenvalue weighted by molar-refractivity contribution is 0.0827. The van der Waals surface area contributed by atoms with Crippen LogP contribution in [-0.4, -0.2) is 37.4 Å². The van der Waals surface area contributed by atoms with Crippen molar-refractivity contribution in [1.82, 2.24) is 4.90 Å². The topological polar surface area (TPSA) is 58.6 Å². The molecule has 0 radical (unpaired) electrons. The van der Waals surface area contributed by atoms with Gasteiger partial charge in [0, 0.05) is 30.9 Å². The molecule has 0 atom stereocenters. The molecule has 0 saturated heterocycles. The molecular weight excluding hydrogens is 420 g/mol. The Bertz CT molecular complexity index is 821. The molecule has 0 aromatic heterocycles. The summed E-state index contributed by atoms with van der Waals surface area (Å²) in [4.78, 5) is 26.1. The van der Waals surface area contributed by atoms with Crippen molar-refractivity contribution in [3.8, 4) is 5.75 Å². The van der Waals surface area contributed by atoms with E-state index in [-0.39, 0.29) is 11.8 Å². The molecule has 2 rings (SSSR count). The summed E-state index contributed by atoms with van der Waals surface area (Å²) in [6.07, 6.45) is 4.58. The number of carbonyl (C=O) groups is 2. The van der Waals surface area contributed by atoms with Crippen LogP contribution in [0.15, 0.2) is 46.9 Å². The average Bonchev–Trinajstić information content (AvgIpc) is 2.68. The van der Waals surface area contributed by atoms with Crippen molar-refractivity contribution in [2.24, 2.45) is 0 Å². The number of halogens is 1. The highest BCUT2D eigenvalue weighted by Gasteiger charge is 2.12. The summed E-state index contributed by atoms with van der Waals surface area (Å²) < 4.78 is 6.52. The van der Waals surface area contributed by atoms with E-state index in [9.17, 15) is 9.59 Å². The molecule has 0 aliphatic rings. The first-order valence-corrected chi connectivity index (χ1v) is 10.3. The van der Waals surface area contributed by atoms with Crippen LogP contribution in [0.4, 0.5) is 5.69 Å². The zero-order valence-electron chi connectivity index (χ0n) is 16.6. The molecule has 28 heavy (non-hydrogen) atoms. The van der Waals surface area contributed by atoms with E-state index in [4.69, 9.17) is 4.74 Å².